The Hall–Kier alpha value is -2.31. The van der Waals surface area contributed by atoms with E-state index in [9.17, 15) is 8.42 Å². The predicted octanol–water partition coefficient (Wildman–Crippen LogP) is 2.86. The van der Waals surface area contributed by atoms with Gasteiger partial charge in [0.15, 0.2) is 5.03 Å². The van der Waals surface area contributed by atoms with E-state index in [1.54, 1.807) is 17.1 Å². The van der Waals surface area contributed by atoms with E-state index in [1.165, 1.54) is 0 Å². The van der Waals surface area contributed by atoms with Gasteiger partial charge in [-0.15, -0.1) is 0 Å². The van der Waals surface area contributed by atoms with E-state index in [2.05, 4.69) is 10.1 Å². The van der Waals surface area contributed by atoms with Crippen LogP contribution in [0.4, 0.5) is 5.69 Å². The van der Waals surface area contributed by atoms with Gasteiger partial charge >= 0.3 is 0 Å². The van der Waals surface area contributed by atoms with Crippen molar-refractivity contribution in [2.75, 3.05) is 18.3 Å². The van der Waals surface area contributed by atoms with Gasteiger partial charge in [0.05, 0.1) is 0 Å². The first-order chi connectivity index (χ1) is 11.3. The summed E-state index contributed by atoms with van der Waals surface area (Å²) in [6.45, 7) is 4.49. The lowest BCUT2D eigenvalue weighted by Crippen LogP contribution is -2.32. The Morgan fingerprint density at radius 2 is 1.50 bits per heavy atom. The van der Waals surface area contributed by atoms with Gasteiger partial charge in [-0.05, 0) is 31.5 Å². The van der Waals surface area contributed by atoms with E-state index in [0.717, 1.165) is 22.3 Å². The molecule has 0 fully saturated rings. The highest BCUT2D eigenvalue weighted by Crippen LogP contribution is 2.27. The number of hydrogen-bond donors (Lipinski definition) is 2. The highest BCUT2D eigenvalue weighted by molar-refractivity contribution is 7.96. The van der Waals surface area contributed by atoms with E-state index in [1.807, 2.05) is 57.3 Å². The maximum absolute atomic E-state index is 12.8. The fourth-order valence-corrected chi connectivity index (χ4v) is 3.95. The summed E-state index contributed by atoms with van der Waals surface area (Å²) in [4.78, 5) is 0. The second kappa shape index (κ2) is 6.30. The third-order valence-electron chi connectivity index (χ3n) is 3.93. The largest absolute Gasteiger partial charge is 0.307 e. The number of aryl methyl sites for hydroxylation is 2. The molecule has 24 heavy (non-hydrogen) atoms. The number of hydrogen-bond acceptors (Lipinski definition) is 4. The lowest BCUT2D eigenvalue weighted by Gasteiger charge is -2.13. The molecule has 0 spiro atoms. The van der Waals surface area contributed by atoms with Crippen molar-refractivity contribution in [3.05, 3.63) is 70.3 Å². The van der Waals surface area contributed by atoms with Crippen molar-refractivity contribution in [3.63, 3.8) is 0 Å². The Labute approximate surface area is 143 Å². The van der Waals surface area contributed by atoms with Crippen molar-refractivity contribution in [3.8, 4) is 0 Å². The van der Waals surface area contributed by atoms with Gasteiger partial charge in [-0.2, -0.15) is 8.42 Å². The average Bonchev–Trinajstić information content (AvgIpc) is 2.93. The van der Waals surface area contributed by atoms with E-state index in [-0.39, 0.29) is 5.03 Å². The number of benzene rings is 2. The van der Waals surface area contributed by atoms with Crippen molar-refractivity contribution in [2.24, 2.45) is 0 Å². The summed E-state index contributed by atoms with van der Waals surface area (Å²) in [5.41, 5.74) is 7.39. The maximum atomic E-state index is 12.8. The molecule has 0 amide bonds. The van der Waals surface area contributed by atoms with Gasteiger partial charge in [-0.1, -0.05) is 47.5 Å². The standard InChI is InChI=1S/C18H21N3O2S/c1-13-4-8-15(9-5-13)17-12-21(3)19-18(17)24(22,23)20-16-10-6-14(2)7-11-16/h4-11,19-20H,12H2,1-3H3. The molecule has 0 bridgehead atoms. The molecule has 1 aliphatic heterocycles. The van der Waals surface area contributed by atoms with Crippen LogP contribution in [0.3, 0.4) is 0 Å². The molecule has 6 heteroatoms. The van der Waals surface area contributed by atoms with Crippen LogP contribution in [-0.4, -0.2) is 27.0 Å². The minimum Gasteiger partial charge on any atom is -0.307 e. The van der Waals surface area contributed by atoms with Crippen LogP contribution in [0.5, 0.6) is 0 Å². The zero-order valence-electron chi connectivity index (χ0n) is 14.0. The molecule has 0 aliphatic carbocycles. The first-order valence-corrected chi connectivity index (χ1v) is 9.21. The Bertz CT molecular complexity index is 869. The number of nitrogens with one attached hydrogen (secondary N) is 2. The number of anilines is 1. The Morgan fingerprint density at radius 3 is 2.08 bits per heavy atom. The normalized spacial score (nSPS) is 15.5. The van der Waals surface area contributed by atoms with Gasteiger partial charge in [-0.3, -0.25) is 4.72 Å². The first kappa shape index (κ1) is 16.5. The summed E-state index contributed by atoms with van der Waals surface area (Å²) >= 11 is 0. The highest BCUT2D eigenvalue weighted by Gasteiger charge is 2.30. The molecule has 2 aromatic carbocycles. The van der Waals surface area contributed by atoms with Crippen molar-refractivity contribution >= 4 is 21.3 Å². The molecule has 0 aromatic heterocycles. The molecule has 1 heterocycles. The molecular formula is C18H21N3O2S. The fourth-order valence-electron chi connectivity index (χ4n) is 2.62. The number of likely N-dealkylation sites (N-methyl/N-ethyl adjacent to an activating group) is 1. The summed E-state index contributed by atoms with van der Waals surface area (Å²) in [5, 5.41) is 1.97. The van der Waals surface area contributed by atoms with Crippen LogP contribution >= 0.6 is 0 Å². The molecule has 126 valence electrons. The van der Waals surface area contributed by atoms with Crippen molar-refractivity contribution in [1.82, 2.24) is 10.4 Å². The van der Waals surface area contributed by atoms with Crippen LogP contribution in [0, 0.1) is 13.8 Å². The lowest BCUT2D eigenvalue weighted by atomic mass is 10.1. The molecular weight excluding hydrogens is 322 g/mol. The van der Waals surface area contributed by atoms with Crippen molar-refractivity contribution in [1.29, 1.82) is 0 Å². The van der Waals surface area contributed by atoms with Gasteiger partial charge in [0.1, 0.15) is 0 Å². The summed E-state index contributed by atoms with van der Waals surface area (Å²) in [6.07, 6.45) is 0. The molecule has 1 aliphatic rings. The second-order valence-corrected chi connectivity index (χ2v) is 7.73. The fraction of sp³-hybridized carbons (Fsp3) is 0.222. The SMILES string of the molecule is Cc1ccc(NS(=O)(=O)C2=C(c3ccc(C)cc3)CN(C)N2)cc1. The maximum Gasteiger partial charge on any atom is 0.278 e. The summed E-state index contributed by atoms with van der Waals surface area (Å²) in [6, 6.07) is 15.1. The van der Waals surface area contributed by atoms with Crippen LogP contribution in [-0.2, 0) is 10.0 Å². The highest BCUT2D eigenvalue weighted by atomic mass is 32.2. The monoisotopic (exact) mass is 343 g/mol. The number of rotatable bonds is 4. The Morgan fingerprint density at radius 1 is 0.958 bits per heavy atom. The predicted molar refractivity (Wildman–Crippen MR) is 97.6 cm³/mol. The minimum absolute atomic E-state index is 0.203. The first-order valence-electron chi connectivity index (χ1n) is 7.72. The van der Waals surface area contributed by atoms with Crippen LogP contribution in [0.15, 0.2) is 53.6 Å². The van der Waals surface area contributed by atoms with Gasteiger partial charge in [-0.25, -0.2) is 5.01 Å². The summed E-state index contributed by atoms with van der Waals surface area (Å²) < 4.78 is 28.3. The second-order valence-electron chi connectivity index (χ2n) is 6.11. The van der Waals surface area contributed by atoms with E-state index < -0.39 is 10.0 Å². The minimum atomic E-state index is -3.69. The van der Waals surface area contributed by atoms with Crippen LogP contribution < -0.4 is 10.1 Å². The third kappa shape index (κ3) is 3.44. The molecule has 0 radical (unpaired) electrons. The van der Waals surface area contributed by atoms with Gasteiger partial charge in [0.25, 0.3) is 10.0 Å². The summed E-state index contributed by atoms with van der Waals surface area (Å²) in [7, 11) is -1.87. The molecule has 0 saturated carbocycles. The van der Waals surface area contributed by atoms with Crippen LogP contribution in [0.1, 0.15) is 16.7 Å². The molecule has 3 rings (SSSR count). The van der Waals surface area contributed by atoms with Crippen LogP contribution in [0.2, 0.25) is 0 Å². The summed E-state index contributed by atoms with van der Waals surface area (Å²) in [5.74, 6) is 0. The Balaban J connectivity index is 1.98. The van der Waals surface area contributed by atoms with Crippen LogP contribution in [0.25, 0.3) is 5.57 Å². The van der Waals surface area contributed by atoms with Crippen molar-refractivity contribution < 1.29 is 8.42 Å². The van der Waals surface area contributed by atoms with E-state index >= 15 is 0 Å². The molecule has 2 N–H and O–H groups in total. The molecule has 2 aromatic rings. The Kier molecular flexibility index (Phi) is 4.34. The smallest absolute Gasteiger partial charge is 0.278 e. The van der Waals surface area contributed by atoms with Crippen molar-refractivity contribution in [2.45, 2.75) is 13.8 Å². The number of nitrogens with zero attached hydrogens (tertiary/aromatic N) is 1. The lowest BCUT2D eigenvalue weighted by molar-refractivity contribution is 0.329. The van der Waals surface area contributed by atoms with Gasteiger partial charge in [0.2, 0.25) is 0 Å². The number of sulfonamides is 1. The van der Waals surface area contributed by atoms with E-state index in [0.29, 0.717) is 12.2 Å². The van der Waals surface area contributed by atoms with Gasteiger partial charge < -0.3 is 5.43 Å². The molecule has 5 nitrogen and oxygen atoms in total. The topological polar surface area (TPSA) is 61.4 Å². The molecule has 0 atom stereocenters. The zero-order valence-corrected chi connectivity index (χ0v) is 14.8. The third-order valence-corrected chi connectivity index (χ3v) is 5.31. The average molecular weight is 343 g/mol. The number of hydrazine groups is 1. The molecule has 0 unspecified atom stereocenters. The van der Waals surface area contributed by atoms with E-state index in [4.69, 9.17) is 0 Å². The molecule has 0 saturated heterocycles. The quantitative estimate of drug-likeness (QED) is 0.896. The van der Waals surface area contributed by atoms with Gasteiger partial charge in [0, 0.05) is 24.9 Å². The zero-order chi connectivity index (χ0) is 17.3.